The third-order valence-corrected chi connectivity index (χ3v) is 4.12. The van der Waals surface area contributed by atoms with Crippen LogP contribution < -0.4 is 10.0 Å². The first-order valence-corrected chi connectivity index (χ1v) is 7.50. The van der Waals surface area contributed by atoms with Crippen molar-refractivity contribution in [1.82, 2.24) is 10.0 Å². The van der Waals surface area contributed by atoms with Crippen molar-refractivity contribution in [2.75, 3.05) is 6.54 Å². The molecule has 0 aliphatic rings. The molecule has 0 aromatic heterocycles. The zero-order chi connectivity index (χ0) is 16.2. The minimum absolute atomic E-state index is 0.326. The predicted molar refractivity (Wildman–Crippen MR) is 71.8 cm³/mol. The molecule has 0 bridgehead atoms. The molecule has 0 heterocycles. The highest BCUT2D eigenvalue weighted by Crippen LogP contribution is 2.16. The van der Waals surface area contributed by atoms with E-state index in [1.165, 1.54) is 6.92 Å². The largest absolute Gasteiger partial charge is 0.478 e. The number of carboxylic acid groups (broad SMARTS) is 1. The van der Waals surface area contributed by atoms with E-state index in [2.05, 4.69) is 5.32 Å². The normalized spacial score (nSPS) is 12.7. The van der Waals surface area contributed by atoms with Gasteiger partial charge in [0.25, 0.3) is 0 Å². The van der Waals surface area contributed by atoms with Gasteiger partial charge in [0.05, 0.1) is 11.6 Å². The third kappa shape index (κ3) is 4.23. The Labute approximate surface area is 121 Å². The highest BCUT2D eigenvalue weighted by atomic mass is 32.2. The SMILES string of the molecule is CCNC(=O)C(C)NS(=O)(=O)c1ccc(C(=O)O)cc1F. The molecule has 1 aromatic rings. The van der Waals surface area contributed by atoms with E-state index in [1.54, 1.807) is 6.92 Å². The fourth-order valence-electron chi connectivity index (χ4n) is 1.53. The molecule has 0 aliphatic heterocycles. The molecule has 21 heavy (non-hydrogen) atoms. The maximum atomic E-state index is 13.7. The molecule has 116 valence electrons. The average Bonchev–Trinajstić information content (AvgIpc) is 2.37. The molecule has 0 fully saturated rings. The smallest absolute Gasteiger partial charge is 0.335 e. The van der Waals surface area contributed by atoms with Gasteiger partial charge in [0.2, 0.25) is 15.9 Å². The quantitative estimate of drug-likeness (QED) is 0.699. The fraction of sp³-hybridized carbons (Fsp3) is 0.333. The molecule has 0 aliphatic carbocycles. The summed E-state index contributed by atoms with van der Waals surface area (Å²) in [5.74, 6) is -3.13. The second-order valence-corrected chi connectivity index (χ2v) is 5.87. The van der Waals surface area contributed by atoms with Crippen LogP contribution in [0.5, 0.6) is 0 Å². The molecule has 9 heteroatoms. The second-order valence-electron chi connectivity index (χ2n) is 4.19. The summed E-state index contributed by atoms with van der Waals surface area (Å²) in [5.41, 5.74) is -0.372. The number of carboxylic acids is 1. The van der Waals surface area contributed by atoms with Crippen molar-refractivity contribution in [3.63, 3.8) is 0 Å². The number of benzene rings is 1. The monoisotopic (exact) mass is 318 g/mol. The van der Waals surface area contributed by atoms with E-state index < -0.39 is 38.7 Å². The summed E-state index contributed by atoms with van der Waals surface area (Å²) >= 11 is 0. The fourth-order valence-corrected chi connectivity index (χ4v) is 2.79. The van der Waals surface area contributed by atoms with Crippen LogP contribution in [-0.4, -0.2) is 38.0 Å². The molecular formula is C12H15FN2O5S. The van der Waals surface area contributed by atoms with Gasteiger partial charge in [0.15, 0.2) is 0 Å². The number of aromatic carboxylic acids is 1. The van der Waals surface area contributed by atoms with Gasteiger partial charge in [-0.15, -0.1) is 0 Å². The molecule has 1 aromatic carbocycles. The predicted octanol–water partition coefficient (Wildman–Crippen LogP) is 0.327. The molecule has 1 atom stereocenters. The Bertz CT molecular complexity index is 660. The number of hydrogen-bond donors (Lipinski definition) is 3. The van der Waals surface area contributed by atoms with Gasteiger partial charge >= 0.3 is 5.97 Å². The summed E-state index contributed by atoms with van der Waals surface area (Å²) in [6, 6.07) is 1.32. The van der Waals surface area contributed by atoms with Crippen LogP contribution in [0.1, 0.15) is 24.2 Å². The number of hydrogen-bond acceptors (Lipinski definition) is 4. The first kappa shape index (κ1) is 17.1. The zero-order valence-corrected chi connectivity index (χ0v) is 12.2. The summed E-state index contributed by atoms with van der Waals surface area (Å²) in [5, 5.41) is 11.1. The maximum absolute atomic E-state index is 13.7. The maximum Gasteiger partial charge on any atom is 0.335 e. The van der Waals surface area contributed by atoms with Crippen LogP contribution in [0, 0.1) is 5.82 Å². The van der Waals surface area contributed by atoms with Crippen molar-refractivity contribution in [2.24, 2.45) is 0 Å². The molecule has 3 N–H and O–H groups in total. The Balaban J connectivity index is 3.03. The lowest BCUT2D eigenvalue weighted by molar-refractivity contribution is -0.122. The lowest BCUT2D eigenvalue weighted by atomic mass is 10.2. The lowest BCUT2D eigenvalue weighted by Gasteiger charge is -2.14. The number of likely N-dealkylation sites (N-methyl/N-ethyl adjacent to an activating group) is 1. The van der Waals surface area contributed by atoms with Gasteiger partial charge in [-0.3, -0.25) is 4.79 Å². The van der Waals surface area contributed by atoms with Crippen molar-refractivity contribution in [1.29, 1.82) is 0 Å². The van der Waals surface area contributed by atoms with Gasteiger partial charge in [-0.25, -0.2) is 17.6 Å². The van der Waals surface area contributed by atoms with Crippen molar-refractivity contribution in [3.05, 3.63) is 29.6 Å². The summed E-state index contributed by atoms with van der Waals surface area (Å²) < 4.78 is 39.7. The number of amides is 1. The average molecular weight is 318 g/mol. The highest BCUT2D eigenvalue weighted by molar-refractivity contribution is 7.89. The van der Waals surface area contributed by atoms with E-state index in [0.29, 0.717) is 12.6 Å². The second kappa shape index (κ2) is 6.64. The Morgan fingerprint density at radius 2 is 2.00 bits per heavy atom. The molecule has 1 unspecified atom stereocenters. The van der Waals surface area contributed by atoms with Crippen LogP contribution in [0.4, 0.5) is 4.39 Å². The summed E-state index contributed by atoms with van der Waals surface area (Å²) in [4.78, 5) is 21.4. The third-order valence-electron chi connectivity index (χ3n) is 2.54. The molecule has 1 amide bonds. The zero-order valence-electron chi connectivity index (χ0n) is 11.4. The van der Waals surface area contributed by atoms with Crippen LogP contribution in [-0.2, 0) is 14.8 Å². The van der Waals surface area contributed by atoms with Crippen molar-refractivity contribution >= 4 is 21.9 Å². The number of halogens is 1. The van der Waals surface area contributed by atoms with E-state index in [-0.39, 0.29) is 5.56 Å². The number of carbonyl (C=O) groups excluding carboxylic acids is 1. The van der Waals surface area contributed by atoms with Crippen molar-refractivity contribution in [2.45, 2.75) is 24.8 Å². The van der Waals surface area contributed by atoms with Gasteiger partial charge in [0.1, 0.15) is 10.7 Å². The standard InChI is InChI=1S/C12H15FN2O5S/c1-3-14-11(16)7(2)15-21(19,20)10-5-4-8(12(17)18)6-9(10)13/h4-7,15H,3H2,1-2H3,(H,14,16)(H,17,18). The molecule has 0 saturated heterocycles. The van der Waals surface area contributed by atoms with Gasteiger partial charge in [-0.1, -0.05) is 0 Å². The molecule has 7 nitrogen and oxygen atoms in total. The molecule has 0 radical (unpaired) electrons. The van der Waals surface area contributed by atoms with E-state index in [4.69, 9.17) is 5.11 Å². The Morgan fingerprint density at radius 3 is 2.48 bits per heavy atom. The van der Waals surface area contributed by atoms with E-state index >= 15 is 0 Å². The van der Waals surface area contributed by atoms with Gasteiger partial charge in [-0.2, -0.15) is 4.72 Å². The first-order valence-electron chi connectivity index (χ1n) is 6.02. The van der Waals surface area contributed by atoms with Crippen LogP contribution in [0.3, 0.4) is 0 Å². The molecule has 0 saturated carbocycles. The minimum Gasteiger partial charge on any atom is -0.478 e. The summed E-state index contributed by atoms with van der Waals surface area (Å²) in [7, 11) is -4.27. The Morgan fingerprint density at radius 1 is 1.38 bits per heavy atom. The van der Waals surface area contributed by atoms with Crippen molar-refractivity contribution in [3.8, 4) is 0 Å². The van der Waals surface area contributed by atoms with E-state index in [1.807, 2.05) is 4.72 Å². The molecule has 1 rings (SSSR count). The summed E-state index contributed by atoms with van der Waals surface area (Å²) in [6.07, 6.45) is 0. The number of rotatable bonds is 6. The van der Waals surface area contributed by atoms with Crippen LogP contribution >= 0.6 is 0 Å². The first-order chi connectivity index (χ1) is 9.69. The highest BCUT2D eigenvalue weighted by Gasteiger charge is 2.25. The molecule has 0 spiro atoms. The van der Waals surface area contributed by atoms with Crippen LogP contribution in [0.2, 0.25) is 0 Å². The minimum atomic E-state index is -4.27. The number of nitrogens with one attached hydrogen (secondary N) is 2. The van der Waals surface area contributed by atoms with Gasteiger partial charge < -0.3 is 10.4 Å². The summed E-state index contributed by atoms with van der Waals surface area (Å²) in [6.45, 7) is 3.31. The van der Waals surface area contributed by atoms with Crippen LogP contribution in [0.15, 0.2) is 23.1 Å². The Kier molecular flexibility index (Phi) is 5.39. The Hall–Kier alpha value is -2.00. The number of sulfonamides is 1. The van der Waals surface area contributed by atoms with Gasteiger partial charge in [-0.05, 0) is 32.0 Å². The lowest BCUT2D eigenvalue weighted by Crippen LogP contribution is -2.44. The van der Waals surface area contributed by atoms with Crippen LogP contribution in [0.25, 0.3) is 0 Å². The van der Waals surface area contributed by atoms with Crippen molar-refractivity contribution < 1.29 is 27.5 Å². The molecular weight excluding hydrogens is 303 g/mol. The van der Waals surface area contributed by atoms with Gasteiger partial charge in [0, 0.05) is 6.54 Å². The van der Waals surface area contributed by atoms with E-state index in [0.717, 1.165) is 12.1 Å². The number of carbonyl (C=O) groups is 2. The topological polar surface area (TPSA) is 113 Å². The van der Waals surface area contributed by atoms with E-state index in [9.17, 15) is 22.4 Å².